The topological polar surface area (TPSA) is 64.4 Å². The Morgan fingerprint density at radius 1 is 1.07 bits per heavy atom. The van der Waals surface area contributed by atoms with Crippen LogP contribution in [-0.2, 0) is 4.79 Å². The average molecular weight is 424 g/mol. The molecular weight excluding hydrogens is 398 g/mol. The number of para-hydroxylation sites is 3. The lowest BCUT2D eigenvalue weighted by atomic mass is 10.1. The number of aromatic nitrogens is 2. The van der Waals surface area contributed by atoms with E-state index in [1.165, 1.54) is 18.2 Å². The fraction of sp³-hybridized carbons (Fsp3) is 0.348. The van der Waals surface area contributed by atoms with Gasteiger partial charge in [-0.15, -0.1) is 0 Å². The molecule has 1 aliphatic rings. The standard InChI is InChI=1S/C23H25N3O3S/c1-16(21(27)25-14-8-3-9-15-25)30-23-24-18-11-5-4-10-17(18)22(28)26(23)19-12-6-7-13-20(19)29-2/h4-7,10-13,16H,3,8-9,14-15H2,1-2H3/t16-/m1/s1. The molecule has 7 heteroatoms. The number of hydrogen-bond acceptors (Lipinski definition) is 5. The number of benzene rings is 2. The monoisotopic (exact) mass is 423 g/mol. The van der Waals surface area contributed by atoms with E-state index in [1.807, 2.05) is 54.3 Å². The van der Waals surface area contributed by atoms with Crippen molar-refractivity contribution in [3.8, 4) is 11.4 Å². The van der Waals surface area contributed by atoms with E-state index >= 15 is 0 Å². The van der Waals surface area contributed by atoms with Gasteiger partial charge in [0.15, 0.2) is 5.16 Å². The van der Waals surface area contributed by atoms with E-state index in [0.717, 1.165) is 25.9 Å². The highest BCUT2D eigenvalue weighted by Crippen LogP contribution is 2.30. The molecule has 156 valence electrons. The molecule has 0 N–H and O–H groups in total. The molecule has 2 heterocycles. The molecular formula is C23H25N3O3S. The third kappa shape index (κ3) is 3.94. The Morgan fingerprint density at radius 2 is 1.77 bits per heavy atom. The van der Waals surface area contributed by atoms with Gasteiger partial charge in [0.2, 0.25) is 5.91 Å². The lowest BCUT2D eigenvalue weighted by Gasteiger charge is -2.29. The van der Waals surface area contributed by atoms with Gasteiger partial charge >= 0.3 is 0 Å². The summed E-state index contributed by atoms with van der Waals surface area (Å²) in [6.07, 6.45) is 3.26. The van der Waals surface area contributed by atoms with E-state index in [1.54, 1.807) is 17.7 Å². The molecule has 0 bridgehead atoms. The maximum Gasteiger partial charge on any atom is 0.266 e. The van der Waals surface area contributed by atoms with Crippen molar-refractivity contribution in [1.29, 1.82) is 0 Å². The Morgan fingerprint density at radius 3 is 2.53 bits per heavy atom. The second-order valence-corrected chi connectivity index (χ2v) is 8.68. The summed E-state index contributed by atoms with van der Waals surface area (Å²) in [6.45, 7) is 3.48. The van der Waals surface area contributed by atoms with E-state index in [9.17, 15) is 9.59 Å². The summed E-state index contributed by atoms with van der Waals surface area (Å²) < 4.78 is 7.06. The van der Waals surface area contributed by atoms with E-state index in [4.69, 9.17) is 9.72 Å². The number of fused-ring (bicyclic) bond motifs is 1. The van der Waals surface area contributed by atoms with Gasteiger partial charge < -0.3 is 9.64 Å². The molecule has 1 saturated heterocycles. The predicted molar refractivity (Wildman–Crippen MR) is 120 cm³/mol. The Balaban J connectivity index is 1.80. The van der Waals surface area contributed by atoms with E-state index in [-0.39, 0.29) is 16.7 Å². The van der Waals surface area contributed by atoms with Crippen LogP contribution < -0.4 is 10.3 Å². The fourth-order valence-corrected chi connectivity index (χ4v) is 4.80. The minimum absolute atomic E-state index is 0.0914. The van der Waals surface area contributed by atoms with Crippen molar-refractivity contribution in [3.63, 3.8) is 0 Å². The van der Waals surface area contributed by atoms with Crippen molar-refractivity contribution in [2.75, 3.05) is 20.2 Å². The van der Waals surface area contributed by atoms with Gasteiger partial charge in [-0.05, 0) is 50.5 Å². The zero-order chi connectivity index (χ0) is 21.1. The van der Waals surface area contributed by atoms with E-state index < -0.39 is 0 Å². The number of thioether (sulfide) groups is 1. The van der Waals surface area contributed by atoms with Gasteiger partial charge in [-0.2, -0.15) is 0 Å². The van der Waals surface area contributed by atoms with Crippen LogP contribution in [0.15, 0.2) is 58.5 Å². The molecule has 6 nitrogen and oxygen atoms in total. The summed E-state index contributed by atoms with van der Waals surface area (Å²) >= 11 is 1.32. The summed E-state index contributed by atoms with van der Waals surface area (Å²) in [5.74, 6) is 0.669. The quantitative estimate of drug-likeness (QED) is 0.460. The number of rotatable bonds is 5. The van der Waals surface area contributed by atoms with Crippen molar-refractivity contribution < 1.29 is 9.53 Å². The zero-order valence-electron chi connectivity index (χ0n) is 17.2. The summed E-state index contributed by atoms with van der Waals surface area (Å²) in [5, 5.41) is 0.668. The molecule has 1 atom stereocenters. The maximum atomic E-state index is 13.4. The molecule has 1 aromatic heterocycles. The number of piperidine rings is 1. The first-order chi connectivity index (χ1) is 14.6. The Hall–Kier alpha value is -2.80. The van der Waals surface area contributed by atoms with Crippen LogP contribution in [0.5, 0.6) is 5.75 Å². The van der Waals surface area contributed by atoms with E-state index in [2.05, 4.69) is 0 Å². The normalized spacial score (nSPS) is 15.2. The van der Waals surface area contributed by atoms with Crippen molar-refractivity contribution in [2.24, 2.45) is 0 Å². The van der Waals surface area contributed by atoms with Crippen molar-refractivity contribution in [3.05, 3.63) is 58.9 Å². The highest BCUT2D eigenvalue weighted by molar-refractivity contribution is 8.00. The number of amides is 1. The summed E-state index contributed by atoms with van der Waals surface area (Å²) in [5.41, 5.74) is 1.06. The first-order valence-electron chi connectivity index (χ1n) is 10.2. The van der Waals surface area contributed by atoms with Crippen molar-refractivity contribution in [1.82, 2.24) is 14.5 Å². The van der Waals surface area contributed by atoms with Crippen molar-refractivity contribution >= 4 is 28.6 Å². The number of likely N-dealkylation sites (tertiary alicyclic amines) is 1. The molecule has 0 saturated carbocycles. The molecule has 1 aliphatic heterocycles. The van der Waals surface area contributed by atoms with Gasteiger partial charge in [0.25, 0.3) is 5.56 Å². The average Bonchev–Trinajstić information content (AvgIpc) is 2.79. The minimum Gasteiger partial charge on any atom is -0.495 e. The molecule has 3 aromatic rings. The van der Waals surface area contributed by atoms with Gasteiger partial charge in [-0.3, -0.25) is 14.2 Å². The Bertz CT molecular complexity index is 1120. The fourth-order valence-electron chi connectivity index (χ4n) is 3.80. The van der Waals surface area contributed by atoms with Gasteiger partial charge in [0.1, 0.15) is 5.75 Å². The molecule has 0 spiro atoms. The third-order valence-electron chi connectivity index (χ3n) is 5.37. The number of carbonyl (C=O) groups is 1. The molecule has 0 radical (unpaired) electrons. The van der Waals surface area contributed by atoms with Gasteiger partial charge in [0.05, 0.1) is 29.0 Å². The number of carbonyl (C=O) groups excluding carboxylic acids is 1. The van der Waals surface area contributed by atoms with Gasteiger partial charge in [-0.25, -0.2) is 4.98 Å². The third-order valence-corrected chi connectivity index (χ3v) is 6.41. The minimum atomic E-state index is -0.350. The van der Waals surface area contributed by atoms with Crippen LogP contribution in [0.2, 0.25) is 0 Å². The van der Waals surface area contributed by atoms with Crippen LogP contribution in [-0.4, -0.2) is 45.8 Å². The number of methoxy groups -OCH3 is 1. The van der Waals surface area contributed by atoms with Crippen LogP contribution in [0.1, 0.15) is 26.2 Å². The second-order valence-electron chi connectivity index (χ2n) is 7.37. The number of nitrogens with zero attached hydrogens (tertiary/aromatic N) is 3. The lowest BCUT2D eigenvalue weighted by Crippen LogP contribution is -2.40. The second kappa shape index (κ2) is 8.92. The summed E-state index contributed by atoms with van der Waals surface area (Å²) in [4.78, 5) is 33.1. The highest BCUT2D eigenvalue weighted by atomic mass is 32.2. The lowest BCUT2D eigenvalue weighted by molar-refractivity contribution is -0.131. The largest absolute Gasteiger partial charge is 0.495 e. The molecule has 1 fully saturated rings. The van der Waals surface area contributed by atoms with E-state index in [0.29, 0.717) is 27.5 Å². The van der Waals surface area contributed by atoms with Crippen molar-refractivity contribution in [2.45, 2.75) is 36.6 Å². The summed E-state index contributed by atoms with van der Waals surface area (Å²) in [7, 11) is 1.58. The van der Waals surface area contributed by atoms with Gasteiger partial charge in [0, 0.05) is 13.1 Å². The van der Waals surface area contributed by atoms with Gasteiger partial charge in [-0.1, -0.05) is 36.0 Å². The van der Waals surface area contributed by atoms with Crippen LogP contribution in [0.4, 0.5) is 0 Å². The number of ether oxygens (including phenoxy) is 1. The summed E-state index contributed by atoms with van der Waals surface area (Å²) in [6, 6.07) is 14.6. The Kier molecular flexibility index (Phi) is 6.08. The van der Waals surface area contributed by atoms with Crippen LogP contribution in [0.25, 0.3) is 16.6 Å². The molecule has 4 rings (SSSR count). The van der Waals surface area contributed by atoms with Crippen LogP contribution >= 0.6 is 11.8 Å². The molecule has 0 unspecified atom stereocenters. The molecule has 30 heavy (non-hydrogen) atoms. The number of hydrogen-bond donors (Lipinski definition) is 0. The smallest absolute Gasteiger partial charge is 0.266 e. The zero-order valence-corrected chi connectivity index (χ0v) is 18.0. The first kappa shape index (κ1) is 20.5. The molecule has 2 aromatic carbocycles. The first-order valence-corrected chi connectivity index (χ1v) is 11.1. The Labute approximate surface area is 179 Å². The maximum absolute atomic E-state index is 13.4. The van der Waals surface area contributed by atoms with Crippen LogP contribution in [0.3, 0.4) is 0 Å². The predicted octanol–water partition coefficient (Wildman–Crippen LogP) is 3.89. The van der Waals surface area contributed by atoms with Crippen LogP contribution in [0, 0.1) is 0 Å². The SMILES string of the molecule is COc1ccccc1-n1c(S[C@H](C)C(=O)N2CCCCC2)nc2ccccc2c1=O. The highest BCUT2D eigenvalue weighted by Gasteiger charge is 2.26. The molecule has 1 amide bonds. The molecule has 0 aliphatic carbocycles.